The van der Waals surface area contributed by atoms with Crippen molar-refractivity contribution >= 4 is 17.8 Å². The number of aliphatic carboxylic acids is 1. The van der Waals surface area contributed by atoms with Crippen LogP contribution in [0.2, 0.25) is 0 Å². The molecular weight excluding hydrogens is 598 g/mol. The molecule has 2 N–H and O–H groups in total. The molecule has 0 aromatic rings. The average Bonchev–Trinajstić information content (AvgIpc) is 3.07. The van der Waals surface area contributed by atoms with Gasteiger partial charge < -0.3 is 15.2 Å². The molecule has 0 bridgehead atoms. The molecule has 0 rings (SSSR count). The van der Waals surface area contributed by atoms with Crippen molar-refractivity contribution in [2.45, 2.75) is 206 Å². The quantitative estimate of drug-likeness (QED) is 0.0392. The molecule has 0 radical (unpaired) electrons. The van der Waals surface area contributed by atoms with Gasteiger partial charge in [-0.3, -0.25) is 14.4 Å². The van der Waals surface area contributed by atoms with E-state index in [-0.39, 0.29) is 24.5 Å². The number of carboxylic acids is 1. The molecule has 1 unspecified atom stereocenters. The third-order valence-corrected chi connectivity index (χ3v) is 8.80. The van der Waals surface area contributed by atoms with Crippen molar-refractivity contribution in [2.24, 2.45) is 0 Å². The molecule has 278 valence electrons. The van der Waals surface area contributed by atoms with Crippen LogP contribution in [0.15, 0.2) is 36.5 Å². The second-order valence-electron chi connectivity index (χ2n) is 13.5. The highest BCUT2D eigenvalue weighted by atomic mass is 16.5. The first-order valence-corrected chi connectivity index (χ1v) is 20.1. The van der Waals surface area contributed by atoms with Gasteiger partial charge in [0.15, 0.2) is 0 Å². The SMILES string of the molecule is CCCCC/C=C\C/C=C\C/C=C\C(CCCCCCCC(=O)NCC(=O)O)OC(=O)CCCCCCCCCCCCCCCCC. The summed E-state index contributed by atoms with van der Waals surface area (Å²) >= 11 is 0. The molecule has 0 heterocycles. The van der Waals surface area contributed by atoms with Crippen molar-refractivity contribution in [1.82, 2.24) is 5.32 Å². The van der Waals surface area contributed by atoms with E-state index in [1.165, 1.54) is 103 Å². The van der Waals surface area contributed by atoms with Gasteiger partial charge in [-0.25, -0.2) is 0 Å². The van der Waals surface area contributed by atoms with Crippen molar-refractivity contribution < 1.29 is 24.2 Å². The van der Waals surface area contributed by atoms with Crippen LogP contribution in [0.5, 0.6) is 0 Å². The summed E-state index contributed by atoms with van der Waals surface area (Å²) in [5, 5.41) is 11.1. The van der Waals surface area contributed by atoms with Gasteiger partial charge in [0.2, 0.25) is 5.91 Å². The highest BCUT2D eigenvalue weighted by Crippen LogP contribution is 2.16. The predicted molar refractivity (Wildman–Crippen MR) is 203 cm³/mol. The maximum absolute atomic E-state index is 12.7. The standard InChI is InChI=1S/C42H75NO5/c1-3-5-7-9-11-13-15-16-17-18-20-22-24-29-33-37-42(47)48-39(34-30-26-23-21-19-14-12-10-8-6-4-2)35-31-27-25-28-32-36-40(44)43-38-41(45)46/h12,14,21,23,30,34,39H,3-11,13,15-20,22,24-29,31-33,35-38H2,1-2H3,(H,43,44)(H,45,46)/b14-12-,23-21-,34-30-. The summed E-state index contributed by atoms with van der Waals surface area (Å²) in [6.45, 7) is 4.18. The number of esters is 1. The Morgan fingerprint density at radius 1 is 0.562 bits per heavy atom. The van der Waals surface area contributed by atoms with E-state index in [9.17, 15) is 14.4 Å². The van der Waals surface area contributed by atoms with Gasteiger partial charge in [0.1, 0.15) is 12.6 Å². The van der Waals surface area contributed by atoms with Gasteiger partial charge in [-0.1, -0.05) is 166 Å². The molecule has 0 aliphatic carbocycles. The maximum atomic E-state index is 12.7. The Morgan fingerprint density at radius 2 is 1.02 bits per heavy atom. The minimum atomic E-state index is -1.02. The first-order chi connectivity index (χ1) is 23.5. The molecule has 0 saturated carbocycles. The molecule has 1 amide bonds. The Morgan fingerprint density at radius 3 is 1.58 bits per heavy atom. The molecule has 0 aliphatic heterocycles. The number of rotatable bonds is 36. The normalized spacial score (nSPS) is 12.4. The van der Waals surface area contributed by atoms with Crippen LogP contribution >= 0.6 is 0 Å². The lowest BCUT2D eigenvalue weighted by molar-refractivity contribution is -0.147. The van der Waals surface area contributed by atoms with Crippen LogP contribution in [0.25, 0.3) is 0 Å². The number of carbonyl (C=O) groups is 3. The lowest BCUT2D eigenvalue weighted by Gasteiger charge is -2.14. The number of hydrogen-bond donors (Lipinski definition) is 2. The Balaban J connectivity index is 4.25. The Kier molecular flexibility index (Phi) is 35.6. The largest absolute Gasteiger partial charge is 0.480 e. The second-order valence-corrected chi connectivity index (χ2v) is 13.5. The van der Waals surface area contributed by atoms with Crippen molar-refractivity contribution in [3.05, 3.63) is 36.5 Å². The van der Waals surface area contributed by atoms with E-state index in [0.717, 1.165) is 70.6 Å². The van der Waals surface area contributed by atoms with Crippen molar-refractivity contribution in [2.75, 3.05) is 6.54 Å². The van der Waals surface area contributed by atoms with E-state index in [4.69, 9.17) is 9.84 Å². The van der Waals surface area contributed by atoms with Crippen LogP contribution in [-0.2, 0) is 19.1 Å². The fourth-order valence-corrected chi connectivity index (χ4v) is 5.79. The zero-order chi connectivity index (χ0) is 35.2. The van der Waals surface area contributed by atoms with Crippen LogP contribution in [0, 0.1) is 0 Å². The smallest absolute Gasteiger partial charge is 0.322 e. The van der Waals surface area contributed by atoms with Crippen LogP contribution < -0.4 is 5.32 Å². The number of ether oxygens (including phenoxy) is 1. The monoisotopic (exact) mass is 674 g/mol. The first-order valence-electron chi connectivity index (χ1n) is 20.1. The summed E-state index contributed by atoms with van der Waals surface area (Å²) in [7, 11) is 0. The summed E-state index contributed by atoms with van der Waals surface area (Å²) in [5.41, 5.74) is 0. The fourth-order valence-electron chi connectivity index (χ4n) is 5.79. The van der Waals surface area contributed by atoms with Crippen LogP contribution in [0.1, 0.15) is 200 Å². The number of hydrogen-bond acceptors (Lipinski definition) is 4. The minimum Gasteiger partial charge on any atom is -0.480 e. The Bertz CT molecular complexity index is 834. The Labute approximate surface area is 296 Å². The molecule has 6 heteroatoms. The molecule has 0 saturated heterocycles. The topological polar surface area (TPSA) is 92.7 Å². The van der Waals surface area contributed by atoms with Gasteiger partial charge in [-0.2, -0.15) is 0 Å². The third-order valence-electron chi connectivity index (χ3n) is 8.80. The molecule has 0 spiro atoms. The summed E-state index contributed by atoms with van der Waals surface area (Å²) in [5.74, 6) is -1.32. The Hall–Kier alpha value is -2.37. The average molecular weight is 674 g/mol. The zero-order valence-corrected chi connectivity index (χ0v) is 31.3. The highest BCUT2D eigenvalue weighted by molar-refractivity contribution is 5.80. The van der Waals surface area contributed by atoms with Crippen molar-refractivity contribution in [1.29, 1.82) is 0 Å². The lowest BCUT2D eigenvalue weighted by Crippen LogP contribution is -2.28. The number of carboxylic acid groups (broad SMARTS) is 1. The molecule has 0 aromatic heterocycles. The molecule has 6 nitrogen and oxygen atoms in total. The van der Waals surface area contributed by atoms with Gasteiger partial charge in [0.25, 0.3) is 0 Å². The number of amides is 1. The van der Waals surface area contributed by atoms with Crippen molar-refractivity contribution in [3.63, 3.8) is 0 Å². The van der Waals surface area contributed by atoms with Gasteiger partial charge in [0.05, 0.1) is 0 Å². The van der Waals surface area contributed by atoms with E-state index in [1.807, 2.05) is 0 Å². The van der Waals surface area contributed by atoms with Gasteiger partial charge in [0, 0.05) is 12.8 Å². The highest BCUT2D eigenvalue weighted by Gasteiger charge is 2.11. The van der Waals surface area contributed by atoms with Crippen LogP contribution in [-0.4, -0.2) is 35.6 Å². The van der Waals surface area contributed by atoms with Gasteiger partial charge in [-0.15, -0.1) is 0 Å². The zero-order valence-electron chi connectivity index (χ0n) is 31.3. The minimum absolute atomic E-state index is 0.0875. The summed E-state index contributed by atoms with van der Waals surface area (Å²) in [6.07, 6.45) is 45.6. The number of unbranched alkanes of at least 4 members (excludes halogenated alkanes) is 21. The van der Waals surface area contributed by atoms with E-state index in [0.29, 0.717) is 12.8 Å². The number of nitrogens with one attached hydrogen (secondary N) is 1. The number of allylic oxidation sites excluding steroid dienone is 5. The summed E-state index contributed by atoms with van der Waals surface area (Å²) in [4.78, 5) is 34.9. The predicted octanol–water partition coefficient (Wildman–Crippen LogP) is 12.1. The van der Waals surface area contributed by atoms with E-state index in [1.54, 1.807) is 0 Å². The third kappa shape index (κ3) is 36.5. The van der Waals surface area contributed by atoms with Crippen LogP contribution in [0.3, 0.4) is 0 Å². The maximum Gasteiger partial charge on any atom is 0.322 e. The molecule has 1 atom stereocenters. The van der Waals surface area contributed by atoms with E-state index >= 15 is 0 Å². The molecule has 0 aromatic carbocycles. The lowest BCUT2D eigenvalue weighted by atomic mass is 10.0. The summed E-state index contributed by atoms with van der Waals surface area (Å²) < 4.78 is 5.90. The van der Waals surface area contributed by atoms with E-state index < -0.39 is 5.97 Å². The van der Waals surface area contributed by atoms with Crippen molar-refractivity contribution in [3.8, 4) is 0 Å². The molecule has 48 heavy (non-hydrogen) atoms. The molecular formula is C42H75NO5. The molecule has 0 aliphatic rings. The summed E-state index contributed by atoms with van der Waals surface area (Å²) in [6, 6.07) is 0. The van der Waals surface area contributed by atoms with E-state index in [2.05, 4.69) is 55.6 Å². The van der Waals surface area contributed by atoms with Gasteiger partial charge >= 0.3 is 11.9 Å². The van der Waals surface area contributed by atoms with Crippen LogP contribution in [0.4, 0.5) is 0 Å². The molecule has 0 fully saturated rings. The second kappa shape index (κ2) is 37.4. The fraction of sp³-hybridized carbons (Fsp3) is 0.786. The number of carbonyl (C=O) groups excluding carboxylic acids is 2. The van der Waals surface area contributed by atoms with Gasteiger partial charge in [-0.05, 0) is 57.4 Å². The first kappa shape index (κ1) is 45.6.